The van der Waals surface area contributed by atoms with Crippen molar-refractivity contribution in [3.05, 3.63) is 0 Å². The Kier molecular flexibility index (Phi) is 6.85. The van der Waals surface area contributed by atoms with Gasteiger partial charge in [0.2, 0.25) is 0 Å². The number of aliphatic hydroxyl groups excluding tert-OH is 1. The molecule has 0 aliphatic rings. The number of carbonyl (C=O) groups is 1. The van der Waals surface area contributed by atoms with Gasteiger partial charge in [0.15, 0.2) is 0 Å². The van der Waals surface area contributed by atoms with Gasteiger partial charge in [0, 0.05) is 0 Å². The van der Waals surface area contributed by atoms with E-state index in [-0.39, 0.29) is 27.3 Å². The van der Waals surface area contributed by atoms with Crippen molar-refractivity contribution < 1.29 is 15.0 Å². The van der Waals surface area contributed by atoms with Crippen LogP contribution in [0.5, 0.6) is 0 Å². The third-order valence-electron chi connectivity index (χ3n) is 0.805. The molecule has 0 fully saturated rings. The van der Waals surface area contributed by atoms with Crippen LogP contribution in [0.1, 0.15) is 6.92 Å². The molecule has 0 aromatic carbocycles. The van der Waals surface area contributed by atoms with Crippen molar-refractivity contribution in [3.8, 4) is 0 Å². The molecule has 0 aliphatic heterocycles. The molecule has 0 bridgehead atoms. The average Bonchev–Trinajstić information content (AvgIpc) is 1.64. The second kappa shape index (κ2) is 5.13. The predicted molar refractivity (Wildman–Crippen MR) is 35.8 cm³/mol. The van der Waals surface area contributed by atoms with Crippen molar-refractivity contribution in [3.63, 3.8) is 0 Å². The molecule has 0 saturated carbocycles. The predicted octanol–water partition coefficient (Wildman–Crippen LogP) is -2.14. The molecule has 0 rings (SSSR count). The van der Waals surface area contributed by atoms with Crippen LogP contribution >= 0.6 is 0 Å². The van der Waals surface area contributed by atoms with Crippen LogP contribution in [0.15, 0.2) is 0 Å². The van der Waals surface area contributed by atoms with Crippen molar-refractivity contribution in [2.45, 2.75) is 19.1 Å². The first-order chi connectivity index (χ1) is 3.55. The van der Waals surface area contributed by atoms with Crippen LogP contribution in [-0.4, -0.2) is 55.6 Å². The van der Waals surface area contributed by atoms with E-state index in [0.29, 0.717) is 0 Å². The molecule has 0 aromatic rings. The van der Waals surface area contributed by atoms with Crippen LogP contribution in [0.3, 0.4) is 0 Å². The van der Waals surface area contributed by atoms with Gasteiger partial charge in [0.25, 0.3) is 0 Å². The quantitative estimate of drug-likeness (QED) is 0.506. The van der Waals surface area contributed by atoms with Gasteiger partial charge in [0.05, 0.1) is 6.10 Å². The van der Waals surface area contributed by atoms with Crippen molar-refractivity contribution in [1.82, 2.24) is 0 Å². The van der Waals surface area contributed by atoms with Crippen LogP contribution in [-0.2, 0) is 4.79 Å². The zero-order valence-corrected chi connectivity index (χ0v) is 10.7. The van der Waals surface area contributed by atoms with Gasteiger partial charge in [-0.25, -0.2) is 0 Å². The molecule has 9 heavy (non-hydrogen) atoms. The van der Waals surface area contributed by atoms with Gasteiger partial charge in [0.1, 0.15) is 6.04 Å². The van der Waals surface area contributed by atoms with Gasteiger partial charge in [-0.05, 0) is 6.92 Å². The van der Waals surface area contributed by atoms with Crippen LogP contribution in [0.2, 0.25) is 0 Å². The van der Waals surface area contributed by atoms with Crippen LogP contribution in [0.25, 0.3) is 0 Å². The van der Waals surface area contributed by atoms with E-state index in [1.165, 1.54) is 6.92 Å². The fraction of sp³-hybridized carbons (Fsp3) is 0.750. The van der Waals surface area contributed by atoms with E-state index in [0.717, 1.165) is 0 Å². The van der Waals surface area contributed by atoms with Gasteiger partial charge in [-0.2, -0.15) is 0 Å². The Bertz CT molecular complexity index is 95.8. The Hall–Kier alpha value is 0.312. The molecule has 2 unspecified atom stereocenters. The van der Waals surface area contributed by atoms with E-state index in [1.54, 1.807) is 0 Å². The SMILES string of the molecule is CC(O)C(N)C(=O)O.[PbH2]. The van der Waals surface area contributed by atoms with Crippen LogP contribution in [0, 0.1) is 0 Å². The van der Waals surface area contributed by atoms with E-state index in [1.807, 2.05) is 0 Å². The molecule has 54 valence electrons. The first kappa shape index (κ1) is 12.0. The fourth-order valence-electron chi connectivity index (χ4n) is 0.206. The standard InChI is InChI=1S/C4H9NO3.Pb.2H/c1-2(6)3(5)4(7)8;;;/h2-3,6H,5H2,1H3,(H,7,8);;;. The average molecular weight is 328 g/mol. The minimum atomic E-state index is -1.18. The van der Waals surface area contributed by atoms with Gasteiger partial charge in [-0.15, -0.1) is 0 Å². The van der Waals surface area contributed by atoms with Crippen molar-refractivity contribution in [1.29, 1.82) is 0 Å². The molecule has 2 radical (unpaired) electrons. The number of nitrogens with two attached hydrogens (primary N) is 1. The summed E-state index contributed by atoms with van der Waals surface area (Å²) in [5.41, 5.74) is 4.91. The van der Waals surface area contributed by atoms with Gasteiger partial charge < -0.3 is 15.9 Å². The number of rotatable bonds is 2. The Balaban J connectivity index is 0. The van der Waals surface area contributed by atoms with E-state index in [9.17, 15) is 4.79 Å². The third kappa shape index (κ3) is 4.79. The van der Waals surface area contributed by atoms with E-state index in [2.05, 4.69) is 0 Å². The van der Waals surface area contributed by atoms with Crippen LogP contribution < -0.4 is 5.73 Å². The molecule has 0 aliphatic carbocycles. The van der Waals surface area contributed by atoms with Gasteiger partial charge >= 0.3 is 33.3 Å². The molecule has 5 heteroatoms. The molecule has 0 aromatic heterocycles. The molecule has 0 saturated heterocycles. The van der Waals surface area contributed by atoms with Crippen molar-refractivity contribution in [2.24, 2.45) is 5.73 Å². The Morgan fingerprint density at radius 3 is 2.00 bits per heavy atom. The Morgan fingerprint density at radius 2 is 2.00 bits per heavy atom. The fourth-order valence-corrected chi connectivity index (χ4v) is 0.206. The number of carboxylic acids is 1. The molecular formula is C4H11NO3Pb. The number of hydrogen-bond donors (Lipinski definition) is 3. The molecular weight excluding hydrogens is 317 g/mol. The first-order valence-corrected chi connectivity index (χ1v) is 2.22. The molecule has 0 amide bonds. The minimum absolute atomic E-state index is 0. The summed E-state index contributed by atoms with van der Waals surface area (Å²) in [7, 11) is 0. The number of hydrogen-bond acceptors (Lipinski definition) is 3. The van der Waals surface area contributed by atoms with Crippen molar-refractivity contribution in [2.75, 3.05) is 0 Å². The molecule has 4 nitrogen and oxygen atoms in total. The van der Waals surface area contributed by atoms with E-state index in [4.69, 9.17) is 15.9 Å². The Labute approximate surface area is 73.2 Å². The van der Waals surface area contributed by atoms with Crippen LogP contribution in [0.4, 0.5) is 0 Å². The second-order valence-corrected chi connectivity index (χ2v) is 1.60. The summed E-state index contributed by atoms with van der Waals surface area (Å²) in [6.07, 6.45) is -0.979. The zero-order valence-electron chi connectivity index (χ0n) is 5.24. The normalized spacial score (nSPS) is 15.4. The topological polar surface area (TPSA) is 83.5 Å². The van der Waals surface area contributed by atoms with Gasteiger partial charge in [-0.1, -0.05) is 0 Å². The maximum atomic E-state index is 9.86. The third-order valence-corrected chi connectivity index (χ3v) is 0.805. The zero-order chi connectivity index (χ0) is 6.73. The monoisotopic (exact) mass is 329 g/mol. The Morgan fingerprint density at radius 1 is 1.67 bits per heavy atom. The number of aliphatic carboxylic acids is 1. The summed E-state index contributed by atoms with van der Waals surface area (Å²) in [4.78, 5) is 9.86. The van der Waals surface area contributed by atoms with Gasteiger partial charge in [-0.3, -0.25) is 4.79 Å². The van der Waals surface area contributed by atoms with E-state index < -0.39 is 18.1 Å². The molecule has 2 atom stereocenters. The summed E-state index contributed by atoms with van der Waals surface area (Å²) in [6, 6.07) is -1.16. The maximum absolute atomic E-state index is 9.86. The number of carboxylic acid groups (broad SMARTS) is 1. The molecule has 0 heterocycles. The summed E-state index contributed by atoms with van der Waals surface area (Å²) >= 11 is 0. The first-order valence-electron chi connectivity index (χ1n) is 2.22. The summed E-state index contributed by atoms with van der Waals surface area (Å²) in [5.74, 6) is -1.18. The number of aliphatic hydroxyl groups is 1. The van der Waals surface area contributed by atoms with Crippen molar-refractivity contribution >= 4 is 33.3 Å². The summed E-state index contributed by atoms with van der Waals surface area (Å²) < 4.78 is 0. The molecule has 4 N–H and O–H groups in total. The molecule has 0 spiro atoms. The second-order valence-electron chi connectivity index (χ2n) is 1.60. The van der Waals surface area contributed by atoms with E-state index >= 15 is 0 Å². The summed E-state index contributed by atoms with van der Waals surface area (Å²) in [6.45, 7) is 1.33. The summed E-state index contributed by atoms with van der Waals surface area (Å²) in [5, 5.41) is 16.6.